The van der Waals surface area contributed by atoms with Crippen molar-refractivity contribution in [2.24, 2.45) is 0 Å². The van der Waals surface area contributed by atoms with E-state index in [0.717, 1.165) is 5.56 Å². The van der Waals surface area contributed by atoms with E-state index in [1.54, 1.807) is 25.3 Å². The van der Waals surface area contributed by atoms with Crippen LogP contribution in [0, 0.1) is 6.92 Å². The van der Waals surface area contributed by atoms with Crippen LogP contribution in [0.4, 0.5) is 0 Å². The highest BCUT2D eigenvalue weighted by molar-refractivity contribution is 6.29. The second-order valence-electron chi connectivity index (χ2n) is 2.50. The molecule has 0 aliphatic rings. The highest BCUT2D eigenvalue weighted by Crippen LogP contribution is 2.17. The third-order valence-electron chi connectivity index (χ3n) is 1.50. The zero-order chi connectivity index (χ0) is 9.26. The number of aryl methyl sites for hydroxylation is 1. The fraction of sp³-hybridized carbons (Fsp3) is 0.125. The molecule has 0 atom stereocenters. The van der Waals surface area contributed by atoms with Crippen LogP contribution >= 0.6 is 11.6 Å². The maximum atomic E-state index is 5.63. The smallest absolute Gasteiger partial charge is 0.249 e. The van der Waals surface area contributed by atoms with Crippen molar-refractivity contribution in [3.8, 4) is 11.5 Å². The van der Waals surface area contributed by atoms with Crippen LogP contribution in [0.2, 0.25) is 5.15 Å². The Labute approximate surface area is 79.6 Å². The van der Waals surface area contributed by atoms with Crippen LogP contribution in [0.1, 0.15) is 5.89 Å². The summed E-state index contributed by atoms with van der Waals surface area (Å²) in [6.07, 6.45) is 1.59. The maximum absolute atomic E-state index is 5.63. The Hall–Kier alpha value is -1.42. The molecule has 2 heterocycles. The Morgan fingerprint density at radius 2 is 2.15 bits per heavy atom. The van der Waals surface area contributed by atoms with Crippen LogP contribution in [-0.4, -0.2) is 15.2 Å². The van der Waals surface area contributed by atoms with Gasteiger partial charge >= 0.3 is 0 Å². The molecule has 0 saturated carbocycles. The first kappa shape index (κ1) is 8.19. The first-order chi connectivity index (χ1) is 6.25. The third-order valence-corrected chi connectivity index (χ3v) is 1.72. The summed E-state index contributed by atoms with van der Waals surface area (Å²) in [7, 11) is 0. The molecule has 0 aliphatic heterocycles. The predicted molar refractivity (Wildman–Crippen MR) is 47.3 cm³/mol. The summed E-state index contributed by atoms with van der Waals surface area (Å²) in [4.78, 5) is 3.90. The second-order valence-corrected chi connectivity index (χ2v) is 2.88. The molecule has 0 aliphatic carbocycles. The number of halogens is 1. The van der Waals surface area contributed by atoms with E-state index in [4.69, 9.17) is 16.0 Å². The van der Waals surface area contributed by atoms with Crippen molar-refractivity contribution in [3.05, 3.63) is 29.4 Å². The molecular formula is C8H6ClN3O. The molecule has 0 amide bonds. The Balaban J connectivity index is 2.41. The average molecular weight is 196 g/mol. The minimum absolute atomic E-state index is 0.444. The fourth-order valence-electron chi connectivity index (χ4n) is 0.916. The van der Waals surface area contributed by atoms with Gasteiger partial charge in [-0.2, -0.15) is 0 Å². The maximum Gasteiger partial charge on any atom is 0.249 e. The Morgan fingerprint density at radius 3 is 2.69 bits per heavy atom. The number of hydrogen-bond acceptors (Lipinski definition) is 4. The first-order valence-electron chi connectivity index (χ1n) is 3.68. The molecule has 0 radical (unpaired) electrons. The van der Waals surface area contributed by atoms with E-state index in [2.05, 4.69) is 15.2 Å². The second kappa shape index (κ2) is 3.14. The highest BCUT2D eigenvalue weighted by Gasteiger charge is 2.05. The van der Waals surface area contributed by atoms with Crippen LogP contribution in [-0.2, 0) is 0 Å². The Morgan fingerprint density at radius 1 is 1.31 bits per heavy atom. The van der Waals surface area contributed by atoms with E-state index in [9.17, 15) is 0 Å². The number of nitrogens with zero attached hydrogens (tertiary/aromatic N) is 3. The van der Waals surface area contributed by atoms with Gasteiger partial charge in [-0.1, -0.05) is 11.6 Å². The van der Waals surface area contributed by atoms with Crippen molar-refractivity contribution in [3.63, 3.8) is 0 Å². The molecule has 4 nitrogen and oxygen atoms in total. The molecular weight excluding hydrogens is 190 g/mol. The number of hydrogen-bond donors (Lipinski definition) is 0. The zero-order valence-electron chi connectivity index (χ0n) is 6.86. The van der Waals surface area contributed by atoms with Crippen molar-refractivity contribution in [1.82, 2.24) is 15.2 Å². The van der Waals surface area contributed by atoms with Gasteiger partial charge in [-0.15, -0.1) is 10.2 Å². The minimum Gasteiger partial charge on any atom is -0.421 e. The van der Waals surface area contributed by atoms with Gasteiger partial charge in [0, 0.05) is 13.1 Å². The Kier molecular flexibility index (Phi) is 1.98. The van der Waals surface area contributed by atoms with Gasteiger partial charge in [-0.05, 0) is 12.1 Å². The lowest BCUT2D eigenvalue weighted by Crippen LogP contribution is -1.79. The van der Waals surface area contributed by atoms with Gasteiger partial charge in [0.1, 0.15) is 5.15 Å². The SMILES string of the molecule is Cc1nnc(-c2ccc(Cl)nc2)o1. The summed E-state index contributed by atoms with van der Waals surface area (Å²) >= 11 is 5.63. The summed E-state index contributed by atoms with van der Waals surface area (Å²) in [5.74, 6) is 0.992. The number of pyridine rings is 1. The standard InChI is InChI=1S/C8H6ClN3O/c1-5-11-12-8(13-5)6-2-3-7(9)10-4-6/h2-4H,1H3. The summed E-state index contributed by atoms with van der Waals surface area (Å²) in [6.45, 7) is 1.74. The molecule has 66 valence electrons. The van der Waals surface area contributed by atoms with Crippen LogP contribution < -0.4 is 0 Å². The van der Waals surface area contributed by atoms with E-state index in [1.807, 2.05) is 0 Å². The minimum atomic E-state index is 0.444. The van der Waals surface area contributed by atoms with Crippen molar-refractivity contribution >= 4 is 11.6 Å². The topological polar surface area (TPSA) is 51.8 Å². The molecule has 0 spiro atoms. The van der Waals surface area contributed by atoms with E-state index in [-0.39, 0.29) is 0 Å². The lowest BCUT2D eigenvalue weighted by atomic mass is 10.3. The summed E-state index contributed by atoms with van der Waals surface area (Å²) in [6, 6.07) is 3.46. The van der Waals surface area contributed by atoms with Crippen LogP contribution in [0.3, 0.4) is 0 Å². The summed E-state index contributed by atoms with van der Waals surface area (Å²) in [5, 5.41) is 8.00. The highest BCUT2D eigenvalue weighted by atomic mass is 35.5. The number of rotatable bonds is 1. The van der Waals surface area contributed by atoms with Gasteiger partial charge in [-0.3, -0.25) is 0 Å². The quantitative estimate of drug-likeness (QED) is 0.654. The van der Waals surface area contributed by atoms with E-state index < -0.39 is 0 Å². The number of aromatic nitrogens is 3. The molecule has 0 fully saturated rings. The molecule has 5 heteroatoms. The molecule has 0 aromatic carbocycles. The van der Waals surface area contributed by atoms with Gasteiger partial charge < -0.3 is 4.42 Å². The summed E-state index contributed by atoms with van der Waals surface area (Å²) in [5.41, 5.74) is 0.769. The lowest BCUT2D eigenvalue weighted by molar-refractivity contribution is 0.532. The third kappa shape index (κ3) is 1.67. The molecule has 2 aromatic heterocycles. The van der Waals surface area contributed by atoms with E-state index >= 15 is 0 Å². The predicted octanol–water partition coefficient (Wildman–Crippen LogP) is 2.09. The van der Waals surface area contributed by atoms with Crippen LogP contribution in [0.5, 0.6) is 0 Å². The van der Waals surface area contributed by atoms with Crippen molar-refractivity contribution in [2.75, 3.05) is 0 Å². The zero-order valence-corrected chi connectivity index (χ0v) is 7.62. The van der Waals surface area contributed by atoms with E-state index in [1.165, 1.54) is 0 Å². The van der Waals surface area contributed by atoms with E-state index in [0.29, 0.717) is 16.9 Å². The molecule has 2 rings (SSSR count). The van der Waals surface area contributed by atoms with Crippen LogP contribution in [0.25, 0.3) is 11.5 Å². The van der Waals surface area contributed by atoms with Gasteiger partial charge in [0.25, 0.3) is 0 Å². The average Bonchev–Trinajstić information content (AvgIpc) is 2.53. The van der Waals surface area contributed by atoms with Gasteiger partial charge in [-0.25, -0.2) is 4.98 Å². The van der Waals surface area contributed by atoms with Crippen molar-refractivity contribution in [2.45, 2.75) is 6.92 Å². The molecule has 2 aromatic rings. The normalized spacial score (nSPS) is 10.3. The molecule has 0 N–H and O–H groups in total. The largest absolute Gasteiger partial charge is 0.421 e. The molecule has 13 heavy (non-hydrogen) atoms. The first-order valence-corrected chi connectivity index (χ1v) is 4.05. The van der Waals surface area contributed by atoms with Crippen molar-refractivity contribution in [1.29, 1.82) is 0 Å². The fourth-order valence-corrected chi connectivity index (χ4v) is 1.03. The van der Waals surface area contributed by atoms with Gasteiger partial charge in [0.2, 0.25) is 11.8 Å². The Bertz CT molecular complexity index is 410. The monoisotopic (exact) mass is 195 g/mol. The van der Waals surface area contributed by atoms with Gasteiger partial charge in [0.05, 0.1) is 5.56 Å². The summed E-state index contributed by atoms with van der Waals surface area (Å²) < 4.78 is 5.20. The molecule has 0 bridgehead atoms. The van der Waals surface area contributed by atoms with Gasteiger partial charge in [0.15, 0.2) is 0 Å². The lowest BCUT2D eigenvalue weighted by Gasteiger charge is -1.92. The van der Waals surface area contributed by atoms with Crippen molar-refractivity contribution < 1.29 is 4.42 Å². The molecule has 0 saturated heterocycles. The molecule has 0 unspecified atom stereocenters. The van der Waals surface area contributed by atoms with Crippen LogP contribution in [0.15, 0.2) is 22.7 Å².